The van der Waals surface area contributed by atoms with Crippen LogP contribution in [-0.2, 0) is 6.54 Å². The normalized spacial score (nSPS) is 23.5. The van der Waals surface area contributed by atoms with Gasteiger partial charge in [-0.25, -0.2) is 0 Å². The first-order valence-corrected chi connectivity index (χ1v) is 6.80. The first-order valence-electron chi connectivity index (χ1n) is 6.80. The minimum Gasteiger partial charge on any atom is -0.314 e. The van der Waals surface area contributed by atoms with Crippen LogP contribution in [0.25, 0.3) is 0 Å². The van der Waals surface area contributed by atoms with Crippen molar-refractivity contribution in [3.05, 3.63) is 35.9 Å². The van der Waals surface area contributed by atoms with E-state index in [1.165, 1.54) is 18.5 Å². The number of rotatable bonds is 4. The molecule has 1 N–H and O–H groups in total. The Morgan fingerprint density at radius 1 is 1.35 bits per heavy atom. The van der Waals surface area contributed by atoms with Gasteiger partial charge in [0.25, 0.3) is 0 Å². The Morgan fingerprint density at radius 2 is 2.12 bits per heavy atom. The monoisotopic (exact) mass is 232 g/mol. The van der Waals surface area contributed by atoms with Crippen molar-refractivity contribution in [2.24, 2.45) is 5.92 Å². The molecule has 2 atom stereocenters. The highest BCUT2D eigenvalue weighted by Crippen LogP contribution is 2.18. The molecule has 1 aromatic carbocycles. The van der Waals surface area contributed by atoms with Gasteiger partial charge in [0, 0.05) is 32.2 Å². The molecule has 0 bridgehead atoms. The van der Waals surface area contributed by atoms with Gasteiger partial charge >= 0.3 is 0 Å². The van der Waals surface area contributed by atoms with Gasteiger partial charge in [-0.15, -0.1) is 0 Å². The molecule has 0 amide bonds. The van der Waals surface area contributed by atoms with Crippen LogP contribution in [0, 0.1) is 5.92 Å². The molecule has 2 unspecified atom stereocenters. The second-order valence-electron chi connectivity index (χ2n) is 5.11. The third-order valence-electron chi connectivity index (χ3n) is 3.93. The summed E-state index contributed by atoms with van der Waals surface area (Å²) >= 11 is 0. The van der Waals surface area contributed by atoms with Crippen molar-refractivity contribution in [2.45, 2.75) is 32.9 Å². The van der Waals surface area contributed by atoms with Crippen molar-refractivity contribution in [1.82, 2.24) is 10.2 Å². The summed E-state index contributed by atoms with van der Waals surface area (Å²) in [5.74, 6) is 0.770. The second kappa shape index (κ2) is 6.18. The van der Waals surface area contributed by atoms with Gasteiger partial charge in [-0.1, -0.05) is 50.6 Å². The van der Waals surface area contributed by atoms with Crippen LogP contribution in [0.5, 0.6) is 0 Å². The molecule has 0 radical (unpaired) electrons. The van der Waals surface area contributed by atoms with Gasteiger partial charge in [-0.2, -0.15) is 0 Å². The molecule has 17 heavy (non-hydrogen) atoms. The van der Waals surface area contributed by atoms with E-state index in [4.69, 9.17) is 0 Å². The molecule has 0 aromatic heterocycles. The first-order chi connectivity index (χ1) is 8.31. The molecule has 1 aromatic rings. The Hall–Kier alpha value is -0.860. The van der Waals surface area contributed by atoms with Crippen molar-refractivity contribution in [3.8, 4) is 0 Å². The molecule has 0 spiro atoms. The maximum absolute atomic E-state index is 3.52. The fraction of sp³-hybridized carbons (Fsp3) is 0.600. The zero-order chi connectivity index (χ0) is 12.1. The van der Waals surface area contributed by atoms with Crippen molar-refractivity contribution in [1.29, 1.82) is 0 Å². The molecular formula is C15H24N2. The minimum absolute atomic E-state index is 0.689. The van der Waals surface area contributed by atoms with E-state index in [1.54, 1.807) is 0 Å². The number of nitrogens with one attached hydrogen (secondary N) is 1. The van der Waals surface area contributed by atoms with E-state index in [9.17, 15) is 0 Å². The SMILES string of the molecule is CCC(C)C1CNCCN1Cc1ccccc1. The van der Waals surface area contributed by atoms with Crippen LogP contribution in [0.3, 0.4) is 0 Å². The van der Waals surface area contributed by atoms with Crippen LogP contribution in [0.4, 0.5) is 0 Å². The number of piperazine rings is 1. The topological polar surface area (TPSA) is 15.3 Å². The molecule has 1 aliphatic heterocycles. The van der Waals surface area contributed by atoms with Crippen molar-refractivity contribution in [3.63, 3.8) is 0 Å². The lowest BCUT2D eigenvalue weighted by molar-refractivity contribution is 0.109. The van der Waals surface area contributed by atoms with Gasteiger partial charge in [-0.05, 0) is 11.5 Å². The van der Waals surface area contributed by atoms with E-state index in [1.807, 2.05) is 0 Å². The largest absolute Gasteiger partial charge is 0.314 e. The van der Waals surface area contributed by atoms with Crippen LogP contribution in [-0.4, -0.2) is 30.6 Å². The molecular weight excluding hydrogens is 208 g/mol. The Labute approximate surface area is 105 Å². The summed E-state index contributed by atoms with van der Waals surface area (Å²) in [7, 11) is 0. The van der Waals surface area contributed by atoms with E-state index in [0.717, 1.165) is 25.6 Å². The summed E-state index contributed by atoms with van der Waals surface area (Å²) in [6, 6.07) is 11.5. The third kappa shape index (κ3) is 3.30. The molecule has 1 heterocycles. The fourth-order valence-corrected chi connectivity index (χ4v) is 2.61. The van der Waals surface area contributed by atoms with Crippen LogP contribution in [0.15, 0.2) is 30.3 Å². The summed E-state index contributed by atoms with van der Waals surface area (Å²) in [6.45, 7) is 9.19. The predicted octanol–water partition coefficient (Wildman–Crippen LogP) is 2.51. The predicted molar refractivity (Wildman–Crippen MR) is 73.0 cm³/mol. The van der Waals surface area contributed by atoms with E-state index in [2.05, 4.69) is 54.4 Å². The van der Waals surface area contributed by atoms with Gasteiger partial charge in [0.05, 0.1) is 0 Å². The maximum Gasteiger partial charge on any atom is 0.0250 e. The van der Waals surface area contributed by atoms with Crippen LogP contribution < -0.4 is 5.32 Å². The van der Waals surface area contributed by atoms with E-state index in [-0.39, 0.29) is 0 Å². The number of benzene rings is 1. The first kappa shape index (κ1) is 12.6. The quantitative estimate of drug-likeness (QED) is 0.858. The molecule has 1 aliphatic rings. The maximum atomic E-state index is 3.52. The van der Waals surface area contributed by atoms with Crippen LogP contribution in [0.2, 0.25) is 0 Å². The molecule has 2 nitrogen and oxygen atoms in total. The van der Waals surface area contributed by atoms with E-state index in [0.29, 0.717) is 6.04 Å². The van der Waals surface area contributed by atoms with Gasteiger partial charge in [0.2, 0.25) is 0 Å². The molecule has 2 rings (SSSR count). The zero-order valence-electron chi connectivity index (χ0n) is 11.0. The minimum atomic E-state index is 0.689. The molecule has 0 aliphatic carbocycles. The van der Waals surface area contributed by atoms with Gasteiger partial charge in [0.1, 0.15) is 0 Å². The van der Waals surface area contributed by atoms with E-state index >= 15 is 0 Å². The number of hydrogen-bond acceptors (Lipinski definition) is 2. The van der Waals surface area contributed by atoms with Gasteiger partial charge in [0.15, 0.2) is 0 Å². The number of nitrogens with zero attached hydrogens (tertiary/aromatic N) is 1. The average Bonchev–Trinajstić information content (AvgIpc) is 2.40. The molecule has 94 valence electrons. The molecule has 1 fully saturated rings. The summed E-state index contributed by atoms with van der Waals surface area (Å²) in [5.41, 5.74) is 1.43. The summed E-state index contributed by atoms with van der Waals surface area (Å²) in [4.78, 5) is 2.64. The van der Waals surface area contributed by atoms with Crippen molar-refractivity contribution in [2.75, 3.05) is 19.6 Å². The summed E-state index contributed by atoms with van der Waals surface area (Å²) < 4.78 is 0. The standard InChI is InChI=1S/C15H24N2/c1-3-13(2)15-11-16-9-10-17(15)12-14-7-5-4-6-8-14/h4-8,13,15-16H,3,9-12H2,1-2H3. The molecule has 0 saturated carbocycles. The average molecular weight is 232 g/mol. The number of hydrogen-bond donors (Lipinski definition) is 1. The lowest BCUT2D eigenvalue weighted by Crippen LogP contribution is -2.53. The van der Waals surface area contributed by atoms with Crippen LogP contribution in [0.1, 0.15) is 25.8 Å². The van der Waals surface area contributed by atoms with Gasteiger partial charge < -0.3 is 5.32 Å². The lowest BCUT2D eigenvalue weighted by atomic mass is 9.95. The Bertz CT molecular complexity index is 323. The zero-order valence-corrected chi connectivity index (χ0v) is 11.0. The Balaban J connectivity index is 2.01. The highest BCUT2D eigenvalue weighted by molar-refractivity contribution is 5.14. The van der Waals surface area contributed by atoms with Crippen molar-refractivity contribution < 1.29 is 0 Å². The highest BCUT2D eigenvalue weighted by atomic mass is 15.2. The van der Waals surface area contributed by atoms with Gasteiger partial charge in [-0.3, -0.25) is 4.90 Å². The van der Waals surface area contributed by atoms with Crippen molar-refractivity contribution >= 4 is 0 Å². The van der Waals surface area contributed by atoms with E-state index < -0.39 is 0 Å². The van der Waals surface area contributed by atoms with Crippen LogP contribution >= 0.6 is 0 Å². The lowest BCUT2D eigenvalue weighted by Gasteiger charge is -2.39. The summed E-state index contributed by atoms with van der Waals surface area (Å²) in [6.07, 6.45) is 1.26. The Kier molecular flexibility index (Phi) is 4.57. The highest BCUT2D eigenvalue weighted by Gasteiger charge is 2.25. The molecule has 2 heteroatoms. The smallest absolute Gasteiger partial charge is 0.0250 e. The second-order valence-corrected chi connectivity index (χ2v) is 5.11. The fourth-order valence-electron chi connectivity index (χ4n) is 2.61. The Morgan fingerprint density at radius 3 is 2.82 bits per heavy atom. The molecule has 1 saturated heterocycles. The summed E-state index contributed by atoms with van der Waals surface area (Å²) in [5, 5.41) is 3.52. The third-order valence-corrected chi connectivity index (χ3v) is 3.93.